The first-order valence-electron chi connectivity index (χ1n) is 6.96. The lowest BCUT2D eigenvalue weighted by Gasteiger charge is -2.13. The maximum Gasteiger partial charge on any atom is 0.261 e. The Balaban J connectivity index is 1.71. The molecule has 0 unspecified atom stereocenters. The number of imide groups is 1. The minimum Gasteiger partial charge on any atom is -0.279 e. The van der Waals surface area contributed by atoms with Crippen molar-refractivity contribution >= 4 is 23.2 Å². The van der Waals surface area contributed by atoms with E-state index in [-0.39, 0.29) is 18.4 Å². The molecule has 0 saturated heterocycles. The van der Waals surface area contributed by atoms with Gasteiger partial charge in [-0.1, -0.05) is 30.3 Å². The molecule has 5 nitrogen and oxygen atoms in total. The maximum absolute atomic E-state index is 12.2. The number of hydrogen-bond donors (Lipinski definition) is 1. The molecule has 1 aliphatic rings. The Morgan fingerprint density at radius 2 is 1.50 bits per heavy atom. The van der Waals surface area contributed by atoms with E-state index in [4.69, 9.17) is 0 Å². The van der Waals surface area contributed by atoms with Gasteiger partial charge < -0.3 is 0 Å². The highest BCUT2D eigenvalue weighted by Gasteiger charge is 2.35. The van der Waals surface area contributed by atoms with E-state index < -0.39 is 0 Å². The standard InChI is InChI=1S/C17H15N3O2/c1-12(18-19-13-7-3-2-4-8-13)11-20-16(21)14-9-5-6-10-15(14)17(20)22/h2-10,19H,11H2,1H3. The first kappa shape index (κ1) is 14.0. The molecule has 0 atom stereocenters. The summed E-state index contributed by atoms with van der Waals surface area (Å²) in [6.07, 6.45) is 0. The lowest BCUT2D eigenvalue weighted by atomic mass is 10.1. The Kier molecular flexibility index (Phi) is 3.70. The number of nitrogens with zero attached hydrogens (tertiary/aromatic N) is 2. The molecule has 22 heavy (non-hydrogen) atoms. The van der Waals surface area contributed by atoms with E-state index in [2.05, 4.69) is 10.5 Å². The molecule has 0 aliphatic carbocycles. The van der Waals surface area contributed by atoms with Gasteiger partial charge in [0.1, 0.15) is 0 Å². The highest BCUT2D eigenvalue weighted by Crippen LogP contribution is 2.22. The van der Waals surface area contributed by atoms with Crippen LogP contribution < -0.4 is 5.43 Å². The Morgan fingerprint density at radius 1 is 0.955 bits per heavy atom. The number of benzene rings is 2. The van der Waals surface area contributed by atoms with Crippen LogP contribution >= 0.6 is 0 Å². The number of hydrogen-bond acceptors (Lipinski definition) is 4. The van der Waals surface area contributed by atoms with E-state index in [0.717, 1.165) is 5.69 Å². The molecule has 5 heteroatoms. The van der Waals surface area contributed by atoms with Crippen LogP contribution in [0.25, 0.3) is 0 Å². The van der Waals surface area contributed by atoms with Crippen molar-refractivity contribution in [1.29, 1.82) is 0 Å². The van der Waals surface area contributed by atoms with Crippen LogP contribution in [-0.2, 0) is 0 Å². The molecular weight excluding hydrogens is 278 g/mol. The molecule has 0 saturated carbocycles. The van der Waals surface area contributed by atoms with E-state index in [1.165, 1.54) is 4.90 Å². The molecule has 1 aliphatic heterocycles. The van der Waals surface area contributed by atoms with Gasteiger partial charge in [0.25, 0.3) is 11.8 Å². The molecule has 1 heterocycles. The summed E-state index contributed by atoms with van der Waals surface area (Å²) >= 11 is 0. The van der Waals surface area contributed by atoms with Gasteiger partial charge in [-0.2, -0.15) is 5.10 Å². The van der Waals surface area contributed by atoms with E-state index in [9.17, 15) is 9.59 Å². The van der Waals surface area contributed by atoms with Crippen molar-refractivity contribution in [3.05, 3.63) is 65.7 Å². The Labute approximate surface area is 128 Å². The number of fused-ring (bicyclic) bond motifs is 1. The second-order valence-electron chi connectivity index (χ2n) is 5.07. The molecule has 0 aromatic heterocycles. The topological polar surface area (TPSA) is 61.8 Å². The fourth-order valence-electron chi connectivity index (χ4n) is 2.32. The fraction of sp³-hybridized carbons (Fsp3) is 0.118. The zero-order valence-corrected chi connectivity index (χ0v) is 12.1. The summed E-state index contributed by atoms with van der Waals surface area (Å²) < 4.78 is 0. The van der Waals surface area contributed by atoms with Crippen LogP contribution in [0.3, 0.4) is 0 Å². The summed E-state index contributed by atoms with van der Waals surface area (Å²) in [7, 11) is 0. The van der Waals surface area contributed by atoms with Crippen molar-refractivity contribution in [2.45, 2.75) is 6.92 Å². The van der Waals surface area contributed by atoms with Gasteiger partial charge >= 0.3 is 0 Å². The van der Waals surface area contributed by atoms with E-state index >= 15 is 0 Å². The third-order valence-corrected chi connectivity index (χ3v) is 3.41. The Morgan fingerprint density at radius 3 is 2.09 bits per heavy atom. The lowest BCUT2D eigenvalue weighted by molar-refractivity contribution is 0.0677. The Hall–Kier alpha value is -2.95. The average molecular weight is 293 g/mol. The first-order chi connectivity index (χ1) is 10.7. The molecule has 0 bridgehead atoms. The van der Waals surface area contributed by atoms with Gasteiger partial charge in [-0.15, -0.1) is 0 Å². The van der Waals surface area contributed by atoms with Gasteiger partial charge in [0, 0.05) is 0 Å². The summed E-state index contributed by atoms with van der Waals surface area (Å²) in [6, 6.07) is 16.3. The lowest BCUT2D eigenvalue weighted by Crippen LogP contribution is -2.34. The van der Waals surface area contributed by atoms with Gasteiger partial charge in [-0.25, -0.2) is 0 Å². The highest BCUT2D eigenvalue weighted by atomic mass is 16.2. The van der Waals surface area contributed by atoms with Gasteiger partial charge in [-0.05, 0) is 31.2 Å². The molecule has 1 N–H and O–H groups in total. The van der Waals surface area contributed by atoms with E-state index in [1.807, 2.05) is 30.3 Å². The van der Waals surface area contributed by atoms with Crippen LogP contribution in [0, 0.1) is 0 Å². The molecule has 0 fully saturated rings. The number of nitrogens with one attached hydrogen (secondary N) is 1. The summed E-state index contributed by atoms with van der Waals surface area (Å²) in [6.45, 7) is 1.95. The quantitative estimate of drug-likeness (QED) is 0.535. The normalized spacial score (nSPS) is 14.2. The van der Waals surface area contributed by atoms with Crippen LogP contribution in [0.2, 0.25) is 0 Å². The summed E-state index contributed by atoms with van der Waals surface area (Å²) in [5, 5.41) is 4.21. The molecule has 2 aromatic rings. The number of anilines is 1. The SMILES string of the molecule is CC(CN1C(=O)c2ccccc2C1=O)=NNc1ccccc1. The molecule has 0 spiro atoms. The zero-order valence-electron chi connectivity index (χ0n) is 12.1. The molecule has 110 valence electrons. The monoisotopic (exact) mass is 293 g/mol. The van der Waals surface area contributed by atoms with Gasteiger partial charge in [0.05, 0.1) is 29.1 Å². The van der Waals surface area contributed by atoms with Crippen LogP contribution in [-0.4, -0.2) is 29.0 Å². The van der Waals surface area contributed by atoms with Gasteiger partial charge in [0.15, 0.2) is 0 Å². The number of amides is 2. The summed E-state index contributed by atoms with van der Waals surface area (Å²) in [5.74, 6) is -0.537. The van der Waals surface area contributed by atoms with E-state index in [0.29, 0.717) is 16.8 Å². The molecule has 0 radical (unpaired) electrons. The fourth-order valence-corrected chi connectivity index (χ4v) is 2.32. The third-order valence-electron chi connectivity index (χ3n) is 3.41. The van der Waals surface area contributed by atoms with Gasteiger partial charge in [0.2, 0.25) is 0 Å². The smallest absolute Gasteiger partial charge is 0.261 e. The number of carbonyl (C=O) groups excluding carboxylic acids is 2. The summed E-state index contributed by atoms with van der Waals surface area (Å²) in [5.41, 5.74) is 5.32. The minimum atomic E-state index is -0.269. The molecule has 2 aromatic carbocycles. The first-order valence-corrected chi connectivity index (χ1v) is 6.96. The number of rotatable bonds is 4. The van der Waals surface area contributed by atoms with Crippen molar-refractivity contribution in [3.63, 3.8) is 0 Å². The largest absolute Gasteiger partial charge is 0.279 e. The van der Waals surface area contributed by atoms with Crippen LogP contribution in [0.15, 0.2) is 59.7 Å². The van der Waals surface area contributed by atoms with Crippen molar-refractivity contribution in [2.75, 3.05) is 12.0 Å². The zero-order chi connectivity index (χ0) is 15.5. The van der Waals surface area contributed by atoms with Crippen molar-refractivity contribution in [1.82, 2.24) is 4.90 Å². The predicted molar refractivity (Wildman–Crippen MR) is 85.0 cm³/mol. The van der Waals surface area contributed by atoms with Crippen LogP contribution in [0.4, 0.5) is 5.69 Å². The van der Waals surface area contributed by atoms with Gasteiger partial charge in [-0.3, -0.25) is 19.9 Å². The summed E-state index contributed by atoms with van der Waals surface area (Å²) in [4.78, 5) is 25.7. The number of para-hydroxylation sites is 1. The molecule has 3 rings (SSSR count). The Bertz CT molecular complexity index is 719. The van der Waals surface area contributed by atoms with Crippen molar-refractivity contribution < 1.29 is 9.59 Å². The third kappa shape index (κ3) is 2.61. The maximum atomic E-state index is 12.2. The second kappa shape index (κ2) is 5.81. The minimum absolute atomic E-state index is 0.173. The van der Waals surface area contributed by atoms with Crippen LogP contribution in [0.5, 0.6) is 0 Å². The number of carbonyl (C=O) groups is 2. The average Bonchev–Trinajstić information content (AvgIpc) is 2.79. The molecule has 2 amide bonds. The van der Waals surface area contributed by atoms with Crippen molar-refractivity contribution in [2.24, 2.45) is 5.10 Å². The second-order valence-corrected chi connectivity index (χ2v) is 5.07. The van der Waals surface area contributed by atoms with E-state index in [1.54, 1.807) is 31.2 Å². The van der Waals surface area contributed by atoms with Crippen molar-refractivity contribution in [3.8, 4) is 0 Å². The highest BCUT2D eigenvalue weighted by molar-refractivity contribution is 6.22. The number of hydrazone groups is 1. The van der Waals surface area contributed by atoms with Crippen LogP contribution in [0.1, 0.15) is 27.6 Å². The predicted octanol–water partition coefficient (Wildman–Crippen LogP) is 2.77. The molecular formula is C17H15N3O2.